The Morgan fingerprint density at radius 1 is 1.07 bits per heavy atom. The number of aliphatic hydroxyl groups excluding tert-OH is 1. The number of carbonyl (C=O) groups excluding carboxylic acids is 2. The van der Waals surface area contributed by atoms with Crippen LogP contribution in [0, 0.1) is 5.82 Å². The molecule has 4 N–H and O–H groups in total. The summed E-state index contributed by atoms with van der Waals surface area (Å²) in [5.41, 5.74) is 0.332. The van der Waals surface area contributed by atoms with E-state index in [1.165, 1.54) is 12.1 Å². The number of benzene rings is 2. The van der Waals surface area contributed by atoms with Crippen LogP contribution < -0.4 is 15.4 Å². The van der Waals surface area contributed by atoms with Crippen molar-refractivity contribution in [1.29, 1.82) is 0 Å². The molecule has 2 aromatic rings. The van der Waals surface area contributed by atoms with Crippen LogP contribution in [-0.4, -0.2) is 39.3 Å². The first-order valence-corrected chi connectivity index (χ1v) is 10.5. The van der Waals surface area contributed by atoms with Crippen molar-refractivity contribution >= 4 is 28.5 Å². The lowest BCUT2D eigenvalue weighted by atomic mass is 10.1. The predicted octanol–water partition coefficient (Wildman–Crippen LogP) is 2.36. The van der Waals surface area contributed by atoms with Crippen LogP contribution in [0.5, 0.6) is 0 Å². The Labute approximate surface area is 177 Å². The van der Waals surface area contributed by atoms with E-state index in [-0.39, 0.29) is 24.1 Å². The van der Waals surface area contributed by atoms with Crippen LogP contribution in [-0.2, 0) is 15.8 Å². The Morgan fingerprint density at radius 3 is 2.20 bits per heavy atom. The van der Waals surface area contributed by atoms with E-state index in [1.54, 1.807) is 24.3 Å². The van der Waals surface area contributed by atoms with Crippen LogP contribution in [0.4, 0.5) is 10.1 Å². The van der Waals surface area contributed by atoms with E-state index < -0.39 is 34.7 Å². The maximum atomic E-state index is 13.0. The highest BCUT2D eigenvalue weighted by Gasteiger charge is 2.21. The van der Waals surface area contributed by atoms with Crippen LogP contribution in [0.1, 0.15) is 37.6 Å². The van der Waals surface area contributed by atoms with Crippen molar-refractivity contribution in [3.05, 3.63) is 59.9 Å². The molecule has 9 heteroatoms. The average Bonchev–Trinajstić information content (AvgIpc) is 2.67. The number of carbonyl (C=O) groups is 2. The molecule has 2 unspecified atom stereocenters. The normalized spacial score (nSPS) is 13.4. The highest BCUT2D eigenvalue weighted by Crippen LogP contribution is 2.14. The summed E-state index contributed by atoms with van der Waals surface area (Å²) in [5, 5.41) is 14.4. The molecule has 0 saturated heterocycles. The number of anilines is 1. The summed E-state index contributed by atoms with van der Waals surface area (Å²) in [4.78, 5) is 25.4. The van der Waals surface area contributed by atoms with Crippen molar-refractivity contribution < 1.29 is 23.3 Å². The Bertz CT molecular complexity index is 896. The van der Waals surface area contributed by atoms with Crippen molar-refractivity contribution in [2.24, 2.45) is 0 Å². The van der Waals surface area contributed by atoms with Gasteiger partial charge in [-0.2, -0.15) is 0 Å². The first-order valence-electron chi connectivity index (χ1n) is 9.37. The largest absolute Gasteiger partial charge is 0.396 e. The van der Waals surface area contributed by atoms with Gasteiger partial charge in [0, 0.05) is 23.4 Å². The second kappa shape index (κ2) is 10.4. The maximum absolute atomic E-state index is 13.0. The molecule has 0 radical (unpaired) electrons. The number of rotatable bonds is 8. The zero-order valence-corrected chi connectivity index (χ0v) is 17.9. The third-order valence-electron chi connectivity index (χ3n) is 3.88. The lowest BCUT2D eigenvalue weighted by Crippen LogP contribution is -2.44. The lowest BCUT2D eigenvalue weighted by Gasteiger charge is -2.20. The average molecular weight is 436 g/mol. The van der Waals surface area contributed by atoms with Gasteiger partial charge in [-0.25, -0.2) is 13.3 Å². The van der Waals surface area contributed by atoms with Gasteiger partial charge in [0.15, 0.2) is 0 Å². The molecule has 0 aliphatic heterocycles. The molecule has 0 saturated carbocycles. The number of hydrogen-bond donors (Lipinski definition) is 4. The molecule has 30 heavy (non-hydrogen) atoms. The molecule has 7 nitrogen and oxygen atoms in total. The molecule has 0 bridgehead atoms. The van der Waals surface area contributed by atoms with Crippen molar-refractivity contribution in [3.8, 4) is 0 Å². The summed E-state index contributed by atoms with van der Waals surface area (Å²) < 4.78 is 28.2. The van der Waals surface area contributed by atoms with Gasteiger partial charge in [0.25, 0.3) is 5.91 Å². The summed E-state index contributed by atoms with van der Waals surface area (Å²) in [6, 6.07) is 10.4. The summed E-state index contributed by atoms with van der Waals surface area (Å²) in [5.74, 6) is -1.54. The Balaban J connectivity index is 2.02. The molecule has 2 atom stereocenters. The number of hydrogen-bond acceptors (Lipinski definition) is 4. The van der Waals surface area contributed by atoms with Gasteiger partial charge in [-0.1, -0.05) is 0 Å². The zero-order valence-electron chi connectivity index (χ0n) is 17.1. The van der Waals surface area contributed by atoms with Gasteiger partial charge >= 0.3 is 0 Å². The zero-order chi connectivity index (χ0) is 22.3. The second-order valence-electron chi connectivity index (χ2n) is 7.68. The summed E-state index contributed by atoms with van der Waals surface area (Å²) in [7, 11) is -1.40. The highest BCUT2D eigenvalue weighted by molar-refractivity contribution is 7.83. The van der Waals surface area contributed by atoms with E-state index >= 15 is 0 Å². The Hall–Kier alpha value is -2.62. The minimum atomic E-state index is -1.40. The number of halogens is 1. The fourth-order valence-corrected chi connectivity index (χ4v) is 3.53. The van der Waals surface area contributed by atoms with Crippen LogP contribution >= 0.6 is 0 Å². The van der Waals surface area contributed by atoms with Gasteiger partial charge in [-0.15, -0.1) is 0 Å². The standard InChI is InChI=1S/C21H26FN3O4S/c1-21(2,3)25-30(29)17-10-8-16(9-11-17)23-20(28)18(12-13-26)24-19(27)14-4-6-15(22)7-5-14/h4-11,18,25-26H,12-13H2,1-3H3,(H,23,28)(H,24,27). The Kier molecular flexibility index (Phi) is 8.22. The highest BCUT2D eigenvalue weighted by atomic mass is 32.2. The van der Waals surface area contributed by atoms with Crippen LogP contribution in [0.2, 0.25) is 0 Å². The van der Waals surface area contributed by atoms with E-state index in [9.17, 15) is 23.3 Å². The molecule has 2 aromatic carbocycles. The molecule has 0 fully saturated rings. The fraction of sp³-hybridized carbons (Fsp3) is 0.333. The van der Waals surface area contributed by atoms with Crippen molar-refractivity contribution in [1.82, 2.24) is 10.0 Å². The van der Waals surface area contributed by atoms with Gasteiger partial charge in [-0.3, -0.25) is 9.59 Å². The van der Waals surface area contributed by atoms with Gasteiger partial charge < -0.3 is 15.7 Å². The minimum Gasteiger partial charge on any atom is -0.396 e. The first kappa shape index (κ1) is 23.7. The topological polar surface area (TPSA) is 108 Å². The molecular weight excluding hydrogens is 409 g/mol. The first-order chi connectivity index (χ1) is 14.1. The molecule has 2 rings (SSSR count). The summed E-state index contributed by atoms with van der Waals surface area (Å²) in [6.07, 6.45) is 0.0103. The number of nitrogens with one attached hydrogen (secondary N) is 3. The quantitative estimate of drug-likeness (QED) is 0.511. The van der Waals surface area contributed by atoms with E-state index in [0.717, 1.165) is 12.1 Å². The van der Waals surface area contributed by atoms with Crippen molar-refractivity contribution in [2.45, 2.75) is 43.7 Å². The minimum absolute atomic E-state index is 0.0103. The molecule has 0 aliphatic rings. The molecular formula is C21H26FN3O4S. The molecule has 162 valence electrons. The van der Waals surface area contributed by atoms with Crippen molar-refractivity contribution in [2.75, 3.05) is 11.9 Å². The lowest BCUT2D eigenvalue weighted by molar-refractivity contribution is -0.118. The smallest absolute Gasteiger partial charge is 0.251 e. The summed E-state index contributed by atoms with van der Waals surface area (Å²) in [6.45, 7) is 5.40. The number of aliphatic hydroxyl groups is 1. The van der Waals surface area contributed by atoms with E-state index in [2.05, 4.69) is 15.4 Å². The van der Waals surface area contributed by atoms with Gasteiger partial charge in [0.1, 0.15) is 22.8 Å². The fourth-order valence-electron chi connectivity index (χ4n) is 2.47. The van der Waals surface area contributed by atoms with Gasteiger partial charge in [0.05, 0.1) is 4.90 Å². The molecule has 0 aromatic heterocycles. The SMILES string of the molecule is CC(C)(C)NS(=O)c1ccc(NC(=O)C(CCO)NC(=O)c2ccc(F)cc2)cc1. The molecule has 0 spiro atoms. The number of amides is 2. The second-order valence-corrected chi connectivity index (χ2v) is 8.89. The van der Waals surface area contributed by atoms with Crippen LogP contribution in [0.25, 0.3) is 0 Å². The maximum Gasteiger partial charge on any atom is 0.251 e. The summed E-state index contributed by atoms with van der Waals surface area (Å²) >= 11 is 0. The Morgan fingerprint density at radius 2 is 1.67 bits per heavy atom. The van der Waals surface area contributed by atoms with E-state index in [1.807, 2.05) is 20.8 Å². The van der Waals surface area contributed by atoms with Crippen molar-refractivity contribution in [3.63, 3.8) is 0 Å². The predicted molar refractivity (Wildman–Crippen MR) is 114 cm³/mol. The molecule has 0 heterocycles. The molecule has 0 aliphatic carbocycles. The third kappa shape index (κ3) is 7.33. The monoisotopic (exact) mass is 435 g/mol. The van der Waals surface area contributed by atoms with E-state index in [4.69, 9.17) is 0 Å². The van der Waals surface area contributed by atoms with Crippen LogP contribution in [0.15, 0.2) is 53.4 Å². The third-order valence-corrected chi connectivity index (χ3v) is 5.38. The molecule has 2 amide bonds. The van der Waals surface area contributed by atoms with Crippen LogP contribution in [0.3, 0.4) is 0 Å². The van der Waals surface area contributed by atoms with Gasteiger partial charge in [-0.05, 0) is 75.7 Å². The van der Waals surface area contributed by atoms with Gasteiger partial charge in [0.2, 0.25) is 5.91 Å². The van der Waals surface area contributed by atoms with E-state index in [0.29, 0.717) is 10.6 Å².